The van der Waals surface area contributed by atoms with Crippen molar-refractivity contribution in [1.29, 1.82) is 0 Å². The molecule has 114 valence electrons. The van der Waals surface area contributed by atoms with Crippen LogP contribution in [0.1, 0.15) is 10.4 Å². The Balaban J connectivity index is -0.000000301. The van der Waals surface area contributed by atoms with Gasteiger partial charge in [-0.1, -0.05) is 12.1 Å². The molecule has 0 aliphatic carbocycles. The third-order valence-corrected chi connectivity index (χ3v) is 1.88. The molecule has 0 atom stereocenters. The van der Waals surface area contributed by atoms with Crippen molar-refractivity contribution in [2.45, 2.75) is 0 Å². The Kier molecular flexibility index (Phi) is 16.5. The number of phenols is 1. The number of carbonyl (C=O) groups is 1. The quantitative estimate of drug-likeness (QED) is 0.158. The van der Waals surface area contributed by atoms with Crippen molar-refractivity contribution in [2.24, 2.45) is 0 Å². The van der Waals surface area contributed by atoms with Crippen molar-refractivity contribution < 1.29 is 152 Å². The van der Waals surface area contributed by atoms with Crippen LogP contribution in [0.5, 0.6) is 5.75 Å². The maximum atomic E-state index is 10.3. The first kappa shape index (κ1) is 28.3. The summed E-state index contributed by atoms with van der Waals surface area (Å²) in [7, 11) is -10.6. The van der Waals surface area contributed by atoms with Gasteiger partial charge in [-0.2, -0.15) is 0 Å². The van der Waals surface area contributed by atoms with Crippen LogP contribution >= 0.6 is 0 Å². The van der Waals surface area contributed by atoms with Gasteiger partial charge in [0.05, 0.1) is 0 Å². The number of para-hydroxylation sites is 1. The van der Waals surface area contributed by atoms with Gasteiger partial charge < -0.3 is 19.3 Å². The zero-order chi connectivity index (χ0) is 16.0. The number of carboxylic acid groups (broad SMARTS) is 1. The summed E-state index contributed by atoms with van der Waals surface area (Å²) in [5.41, 5.74) is -0.0671. The van der Waals surface area contributed by atoms with Crippen LogP contribution in [0.3, 0.4) is 0 Å². The van der Waals surface area contributed by atoms with Gasteiger partial charge in [-0.3, -0.25) is 0 Å². The molecule has 0 radical (unpaired) electrons. The Bertz CT molecular complexity index is 637. The van der Waals surface area contributed by atoms with E-state index in [4.69, 9.17) is 10.2 Å². The average molecular weight is 408 g/mol. The van der Waals surface area contributed by atoms with Crippen molar-refractivity contribution in [2.75, 3.05) is 0 Å². The molecule has 0 amide bonds. The normalized spacial score (nSPS) is 10.3. The van der Waals surface area contributed by atoms with Gasteiger partial charge in [0.15, 0.2) is 0 Å². The first-order chi connectivity index (χ1) is 8.92. The average Bonchev–Trinajstić information content (AvgIpc) is 2.26. The molecule has 15 heteroatoms. The van der Waals surface area contributed by atoms with Crippen LogP contribution in [0.2, 0.25) is 0 Å². The molecule has 0 heterocycles. The van der Waals surface area contributed by atoms with E-state index in [9.17, 15) is 30.7 Å². The largest absolute Gasteiger partial charge is 1.00 e. The molecule has 0 bridgehead atoms. The summed E-state index contributed by atoms with van der Waals surface area (Å²) in [6.07, 6.45) is 0. The Morgan fingerprint density at radius 3 is 1.55 bits per heavy atom. The summed E-state index contributed by atoms with van der Waals surface area (Å²) < 4.78 is 61.5. The molecule has 0 unspecified atom stereocenters. The fraction of sp³-hybridized carbons (Fsp3) is 0. The zero-order valence-electron chi connectivity index (χ0n) is 11.2. The van der Waals surface area contributed by atoms with Crippen LogP contribution in [0.15, 0.2) is 24.3 Å². The number of hydrogen-bond donors (Lipinski definition) is 2. The van der Waals surface area contributed by atoms with Crippen LogP contribution in [-0.4, -0.2) is 42.1 Å². The molecular formula is C7H6K2O11S2. The fourth-order valence-electron chi connectivity index (χ4n) is 0.723. The fourth-order valence-corrected chi connectivity index (χ4v) is 1.27. The maximum absolute atomic E-state index is 10.3. The first-order valence-corrected chi connectivity index (χ1v) is 6.90. The predicted molar refractivity (Wildman–Crippen MR) is 56.6 cm³/mol. The number of carboxylic acids is 1. The van der Waals surface area contributed by atoms with E-state index in [2.05, 4.69) is 8.67 Å². The molecular weight excluding hydrogens is 402 g/mol. The van der Waals surface area contributed by atoms with E-state index in [1.54, 1.807) is 12.1 Å². The van der Waals surface area contributed by atoms with E-state index in [0.29, 0.717) is 0 Å². The monoisotopic (exact) mass is 408 g/mol. The molecule has 0 aliphatic heterocycles. The molecule has 1 aromatic carbocycles. The number of rotatable bonds is 4. The maximum Gasteiger partial charge on any atom is 1.00 e. The number of aromatic hydroxyl groups is 1. The van der Waals surface area contributed by atoms with Crippen LogP contribution in [0, 0.1) is 0 Å². The van der Waals surface area contributed by atoms with Gasteiger partial charge in [-0.15, -0.1) is 8.67 Å². The minimum absolute atomic E-state index is 0. The van der Waals surface area contributed by atoms with Crippen LogP contribution in [0.25, 0.3) is 0 Å². The van der Waals surface area contributed by atoms with Gasteiger partial charge in [-0.25, -0.2) is 21.6 Å². The number of aromatic carboxylic acids is 1. The standard InChI is InChI=1S/C7H6O3.2K.H2O8S2/c8-6-4-2-1-3-5(6)7(9)10;;;1-9(2,3)7-8-10(4,5)6/h1-4,8H,(H,9,10);;;(H,1,2,3)(H,4,5,6)/q;2*+1;/p-2. The summed E-state index contributed by atoms with van der Waals surface area (Å²) in [6.45, 7) is 0. The minimum Gasteiger partial charge on any atom is -0.724 e. The van der Waals surface area contributed by atoms with Crippen LogP contribution in [-0.2, 0) is 29.5 Å². The molecule has 0 aliphatic rings. The van der Waals surface area contributed by atoms with Gasteiger partial charge in [0.1, 0.15) is 11.3 Å². The molecule has 0 saturated heterocycles. The molecule has 22 heavy (non-hydrogen) atoms. The zero-order valence-corrected chi connectivity index (χ0v) is 19.1. The predicted octanol–water partition coefficient (Wildman–Crippen LogP) is -7.05. The second kappa shape index (κ2) is 12.8. The number of hydrogen-bond acceptors (Lipinski definition) is 10. The summed E-state index contributed by atoms with van der Waals surface area (Å²) >= 11 is 0. The molecule has 0 spiro atoms. The molecule has 0 aromatic heterocycles. The summed E-state index contributed by atoms with van der Waals surface area (Å²) in [5.74, 6) is -1.31. The second-order valence-corrected chi connectivity index (χ2v) is 4.68. The molecule has 0 fully saturated rings. The van der Waals surface area contributed by atoms with E-state index in [-0.39, 0.29) is 114 Å². The molecule has 1 aromatic rings. The van der Waals surface area contributed by atoms with Gasteiger partial charge in [0, 0.05) is 0 Å². The third-order valence-electron chi connectivity index (χ3n) is 1.33. The van der Waals surface area contributed by atoms with Crippen molar-refractivity contribution in [3.8, 4) is 5.75 Å². The van der Waals surface area contributed by atoms with E-state index in [1.165, 1.54) is 12.1 Å². The molecule has 2 N–H and O–H groups in total. The van der Waals surface area contributed by atoms with E-state index < -0.39 is 26.8 Å². The van der Waals surface area contributed by atoms with Crippen molar-refractivity contribution in [1.82, 2.24) is 0 Å². The summed E-state index contributed by atoms with van der Waals surface area (Å²) in [5, 5.41) is 17.3. The Morgan fingerprint density at radius 2 is 1.32 bits per heavy atom. The third kappa shape index (κ3) is 16.4. The second-order valence-electron chi connectivity index (χ2n) is 2.77. The Hall–Kier alpha value is 1.50. The van der Waals surface area contributed by atoms with E-state index >= 15 is 0 Å². The van der Waals surface area contributed by atoms with Crippen LogP contribution < -0.4 is 103 Å². The van der Waals surface area contributed by atoms with Crippen LogP contribution in [0.4, 0.5) is 0 Å². The topological polar surface area (TPSA) is 190 Å². The van der Waals surface area contributed by atoms with E-state index in [1.807, 2.05) is 0 Å². The smallest absolute Gasteiger partial charge is 0.724 e. The van der Waals surface area contributed by atoms with Crippen molar-refractivity contribution >= 4 is 26.8 Å². The van der Waals surface area contributed by atoms with Gasteiger partial charge in [0.25, 0.3) is 0 Å². The number of benzene rings is 1. The Morgan fingerprint density at radius 1 is 0.955 bits per heavy atom. The van der Waals surface area contributed by atoms with Crippen molar-refractivity contribution in [3.63, 3.8) is 0 Å². The van der Waals surface area contributed by atoms with Crippen molar-refractivity contribution in [3.05, 3.63) is 29.8 Å². The summed E-state index contributed by atoms with van der Waals surface area (Å²) in [4.78, 5) is 10.3. The summed E-state index contributed by atoms with van der Waals surface area (Å²) in [6, 6.07) is 5.81. The molecule has 0 saturated carbocycles. The molecule has 1 rings (SSSR count). The Labute approximate surface area is 210 Å². The molecule has 11 nitrogen and oxygen atoms in total. The first-order valence-electron chi connectivity index (χ1n) is 4.23. The minimum atomic E-state index is -5.31. The van der Waals surface area contributed by atoms with E-state index in [0.717, 1.165) is 0 Å². The van der Waals surface area contributed by atoms with Gasteiger partial charge in [-0.05, 0) is 12.1 Å². The van der Waals surface area contributed by atoms with Gasteiger partial charge >= 0.3 is 109 Å². The SMILES string of the molecule is O=C(O)c1ccccc1O.O=S(=O)([O-])OOS(=O)(=O)[O-].[K+].[K+]. The van der Waals surface area contributed by atoms with Gasteiger partial charge in [0.2, 0.25) is 20.8 Å².